The molecule has 0 atom stereocenters. The fourth-order valence-electron chi connectivity index (χ4n) is 5.25. The van der Waals surface area contributed by atoms with Gasteiger partial charge in [0.15, 0.2) is 17.3 Å². The Bertz CT molecular complexity index is 1310. The molecule has 0 aliphatic rings. The highest BCUT2D eigenvalue weighted by atomic mass is 28.4. The number of hydrogen-bond donors (Lipinski definition) is 1. The summed E-state index contributed by atoms with van der Waals surface area (Å²) in [6.45, 7) is 11.4. The lowest BCUT2D eigenvalue weighted by atomic mass is 9.95. The number of ketones is 3. The standard InChI is InChI=1S/C37H50O7Si/c1-8-9-10-11-12-14-33-16-18-34(19-17-33)37-21-20-36(41)26-35(37)15-13-22-45(42-30(5)23-27(2)38,43-31(6)24-28(3)39)44-32(7)25-29(4)40/h16-21,23-26,41H,8-15,22H2,1-7H3. The molecule has 0 heterocycles. The van der Waals surface area contributed by atoms with Crippen molar-refractivity contribution in [3.05, 3.63) is 89.1 Å². The molecule has 1 N–H and O–H groups in total. The monoisotopic (exact) mass is 634 g/mol. The molecule has 0 bridgehead atoms. The van der Waals surface area contributed by atoms with Crippen molar-refractivity contribution in [3.63, 3.8) is 0 Å². The predicted octanol–water partition coefficient (Wildman–Crippen LogP) is 8.97. The Hall–Kier alpha value is -3.91. The third-order valence-electron chi connectivity index (χ3n) is 7.02. The summed E-state index contributed by atoms with van der Waals surface area (Å²) in [6, 6.07) is 14.3. The van der Waals surface area contributed by atoms with Gasteiger partial charge >= 0.3 is 8.80 Å². The quantitative estimate of drug-likeness (QED) is 0.0672. The van der Waals surface area contributed by atoms with E-state index in [1.165, 1.54) is 76.7 Å². The van der Waals surface area contributed by atoms with Crippen LogP contribution in [0, 0.1) is 0 Å². The van der Waals surface area contributed by atoms with Crippen LogP contribution in [-0.4, -0.2) is 31.3 Å². The molecule has 0 radical (unpaired) electrons. The molecular formula is C37H50O7Si. The highest BCUT2D eigenvalue weighted by molar-refractivity contribution is 6.61. The Balaban J connectivity index is 2.37. The molecule has 244 valence electrons. The van der Waals surface area contributed by atoms with Crippen LogP contribution in [0.3, 0.4) is 0 Å². The number of hydrogen-bond acceptors (Lipinski definition) is 7. The fraction of sp³-hybridized carbons (Fsp3) is 0.432. The van der Waals surface area contributed by atoms with Gasteiger partial charge in [-0.25, -0.2) is 0 Å². The van der Waals surface area contributed by atoms with Crippen LogP contribution < -0.4 is 0 Å². The molecule has 0 aliphatic heterocycles. The van der Waals surface area contributed by atoms with Crippen molar-refractivity contribution >= 4 is 26.2 Å². The summed E-state index contributed by atoms with van der Waals surface area (Å²) in [7, 11) is -3.70. The maximum Gasteiger partial charge on any atom is 0.698 e. The number of allylic oxidation sites excluding steroid dienone is 6. The van der Waals surface area contributed by atoms with Gasteiger partial charge < -0.3 is 18.4 Å². The molecule has 0 saturated heterocycles. The number of aromatic hydroxyl groups is 1. The van der Waals surface area contributed by atoms with Crippen molar-refractivity contribution in [3.8, 4) is 16.9 Å². The second-order valence-corrected chi connectivity index (χ2v) is 14.1. The zero-order valence-corrected chi connectivity index (χ0v) is 29.0. The Kier molecular flexibility index (Phi) is 15.6. The first-order valence-corrected chi connectivity index (χ1v) is 17.8. The lowest BCUT2D eigenvalue weighted by molar-refractivity contribution is -0.113. The van der Waals surface area contributed by atoms with E-state index < -0.39 is 8.80 Å². The van der Waals surface area contributed by atoms with E-state index in [9.17, 15) is 19.5 Å². The summed E-state index contributed by atoms with van der Waals surface area (Å²) in [4.78, 5) is 35.5. The maximum atomic E-state index is 11.8. The van der Waals surface area contributed by atoms with Gasteiger partial charge in [0, 0.05) is 18.2 Å². The largest absolute Gasteiger partial charge is 0.698 e. The molecule has 2 aromatic carbocycles. The SMILES string of the molecule is CCCCCCCc1ccc(-c2ccc(O)cc2CCC[Si](OC(C)=CC(C)=O)(OC(C)=CC(C)=O)OC(C)=CC(C)=O)cc1. The molecule has 0 saturated carbocycles. The number of phenols is 1. The zero-order valence-electron chi connectivity index (χ0n) is 28.0. The van der Waals surface area contributed by atoms with E-state index in [0.29, 0.717) is 36.2 Å². The molecule has 45 heavy (non-hydrogen) atoms. The van der Waals surface area contributed by atoms with Gasteiger partial charge in [-0.05, 0) is 102 Å². The van der Waals surface area contributed by atoms with E-state index in [1.807, 2.05) is 6.07 Å². The van der Waals surface area contributed by atoms with Crippen LogP contribution in [0.4, 0.5) is 0 Å². The van der Waals surface area contributed by atoms with Crippen LogP contribution in [0.2, 0.25) is 6.04 Å². The Labute approximate surface area is 270 Å². The number of aryl methyl sites for hydroxylation is 2. The number of phenolic OH excluding ortho intramolecular Hbond substituents is 1. The average molecular weight is 635 g/mol. The van der Waals surface area contributed by atoms with Crippen molar-refractivity contribution in [2.45, 2.75) is 106 Å². The lowest BCUT2D eigenvalue weighted by Crippen LogP contribution is -2.44. The van der Waals surface area contributed by atoms with Gasteiger partial charge in [-0.1, -0.05) is 62.9 Å². The van der Waals surface area contributed by atoms with Crippen LogP contribution in [0.25, 0.3) is 11.1 Å². The Morgan fingerprint density at radius 3 is 1.67 bits per heavy atom. The number of unbranched alkanes of at least 4 members (excludes halogenated alkanes) is 4. The highest BCUT2D eigenvalue weighted by Gasteiger charge is 2.49. The minimum Gasteiger partial charge on any atom is -0.508 e. The first kappa shape index (κ1) is 37.3. The molecule has 2 rings (SSSR count). The van der Waals surface area contributed by atoms with Crippen molar-refractivity contribution in [1.29, 1.82) is 0 Å². The summed E-state index contributed by atoms with van der Waals surface area (Å²) < 4.78 is 18.8. The fourth-order valence-corrected chi connectivity index (χ4v) is 7.94. The van der Waals surface area contributed by atoms with Gasteiger partial charge in [-0.15, -0.1) is 0 Å². The van der Waals surface area contributed by atoms with E-state index in [4.69, 9.17) is 13.3 Å². The predicted molar refractivity (Wildman–Crippen MR) is 181 cm³/mol. The van der Waals surface area contributed by atoms with Crippen molar-refractivity contribution in [1.82, 2.24) is 0 Å². The molecule has 0 aliphatic carbocycles. The van der Waals surface area contributed by atoms with Crippen molar-refractivity contribution in [2.24, 2.45) is 0 Å². The van der Waals surface area contributed by atoms with E-state index in [1.54, 1.807) is 32.9 Å². The summed E-state index contributed by atoms with van der Waals surface area (Å²) in [6.07, 6.45) is 12.5. The van der Waals surface area contributed by atoms with Crippen molar-refractivity contribution in [2.75, 3.05) is 0 Å². The molecule has 0 unspecified atom stereocenters. The number of carbonyl (C=O) groups excluding carboxylic acids is 3. The molecule has 2 aromatic rings. The van der Waals surface area contributed by atoms with Gasteiger partial charge in [-0.3, -0.25) is 14.4 Å². The van der Waals surface area contributed by atoms with Gasteiger partial charge in [0.05, 0.1) is 23.3 Å². The first-order chi connectivity index (χ1) is 21.3. The second kappa shape index (κ2) is 18.8. The zero-order chi connectivity index (χ0) is 33.4. The molecule has 0 fully saturated rings. The summed E-state index contributed by atoms with van der Waals surface area (Å²) in [5, 5.41) is 10.4. The van der Waals surface area contributed by atoms with Crippen LogP contribution in [0.1, 0.15) is 98.1 Å². The number of carbonyl (C=O) groups is 3. The van der Waals surface area contributed by atoms with Gasteiger partial charge in [0.2, 0.25) is 0 Å². The number of rotatable bonds is 20. The van der Waals surface area contributed by atoms with Crippen molar-refractivity contribution < 1.29 is 32.8 Å². The van der Waals surface area contributed by atoms with Crippen LogP contribution in [0.5, 0.6) is 5.75 Å². The average Bonchev–Trinajstić information content (AvgIpc) is 2.92. The normalized spacial score (nSPS) is 13.6. The van der Waals surface area contributed by atoms with E-state index in [-0.39, 0.29) is 23.1 Å². The second-order valence-electron chi connectivity index (χ2n) is 11.6. The third kappa shape index (κ3) is 14.2. The summed E-state index contributed by atoms with van der Waals surface area (Å²) >= 11 is 0. The van der Waals surface area contributed by atoms with Gasteiger partial charge in [0.25, 0.3) is 0 Å². The van der Waals surface area contributed by atoms with Gasteiger partial charge in [-0.2, -0.15) is 0 Å². The molecule has 0 spiro atoms. The van der Waals surface area contributed by atoms with Crippen LogP contribution >= 0.6 is 0 Å². The third-order valence-corrected chi connectivity index (χ3v) is 9.89. The number of benzene rings is 2. The topological polar surface area (TPSA) is 99.1 Å². The van der Waals surface area contributed by atoms with Crippen LogP contribution in [0.15, 0.2) is 78.0 Å². The highest BCUT2D eigenvalue weighted by Crippen LogP contribution is 2.32. The summed E-state index contributed by atoms with van der Waals surface area (Å²) in [5.74, 6) is 0.500. The molecule has 0 aromatic heterocycles. The first-order valence-electron chi connectivity index (χ1n) is 15.9. The molecular weight excluding hydrogens is 584 g/mol. The molecule has 7 nitrogen and oxygen atoms in total. The van der Waals surface area contributed by atoms with Gasteiger partial charge in [0.1, 0.15) is 5.75 Å². The molecule has 0 amide bonds. The molecule has 8 heteroatoms. The van der Waals surface area contributed by atoms with E-state index in [0.717, 1.165) is 23.1 Å². The summed E-state index contributed by atoms with van der Waals surface area (Å²) in [5.41, 5.74) is 4.35. The minimum atomic E-state index is -3.70. The Morgan fingerprint density at radius 1 is 0.667 bits per heavy atom. The minimum absolute atomic E-state index is 0.172. The van der Waals surface area contributed by atoms with E-state index in [2.05, 4.69) is 31.2 Å². The lowest BCUT2D eigenvalue weighted by Gasteiger charge is -2.31. The van der Waals surface area contributed by atoms with Crippen LogP contribution in [-0.2, 0) is 40.5 Å². The smallest absolute Gasteiger partial charge is 0.508 e. The Morgan fingerprint density at radius 2 is 1.18 bits per heavy atom. The van der Waals surface area contributed by atoms with E-state index >= 15 is 0 Å². The maximum absolute atomic E-state index is 11.8.